The minimum atomic E-state index is -4.12. The van der Waals surface area contributed by atoms with Gasteiger partial charge >= 0.3 is 793 Å². The predicted molar refractivity (Wildman–Crippen MR) is 592 cm³/mol. The zero-order chi connectivity index (χ0) is 101. The van der Waals surface area contributed by atoms with Crippen molar-refractivity contribution in [2.24, 2.45) is 0 Å². The van der Waals surface area contributed by atoms with Crippen LogP contribution in [0.5, 0.6) is 0 Å². The van der Waals surface area contributed by atoms with Crippen molar-refractivity contribution in [2.75, 3.05) is 0 Å². The van der Waals surface area contributed by atoms with Crippen molar-refractivity contribution in [3.63, 3.8) is 0 Å². The topological polar surface area (TPSA) is 0 Å². The van der Waals surface area contributed by atoms with Gasteiger partial charge in [0, 0.05) is 0 Å². The van der Waals surface area contributed by atoms with Gasteiger partial charge in [-0.1, -0.05) is 0 Å². The van der Waals surface area contributed by atoms with Crippen LogP contribution < -0.4 is 0 Å². The number of rotatable bonds is 12. The van der Waals surface area contributed by atoms with E-state index in [2.05, 4.69) is 561 Å². The van der Waals surface area contributed by atoms with E-state index in [1.165, 1.54) is 0 Å². The summed E-state index contributed by atoms with van der Waals surface area (Å²) in [7, 11) is -37.0. The second-order valence-electron chi connectivity index (χ2n) is 69.8. The molecular weight excluding hydrogens is 1640 g/mol. The van der Waals surface area contributed by atoms with Gasteiger partial charge in [0.05, 0.1) is 0 Å². The summed E-state index contributed by atoms with van der Waals surface area (Å²) in [6.07, 6.45) is 0. The zero-order valence-electron chi connectivity index (χ0n) is 101. The van der Waals surface area contributed by atoms with Crippen LogP contribution in [0.4, 0.5) is 0 Å². The van der Waals surface area contributed by atoms with Gasteiger partial charge in [-0.3, -0.25) is 0 Å². The van der Waals surface area contributed by atoms with Crippen LogP contribution in [0.2, 0.25) is 145 Å². The van der Waals surface area contributed by atoms with Gasteiger partial charge in [-0.15, -0.1) is 0 Å². The molecule has 0 radical (unpaired) electrons. The van der Waals surface area contributed by atoms with Gasteiger partial charge in [-0.05, 0) is 0 Å². The van der Waals surface area contributed by atoms with E-state index in [9.17, 15) is 0 Å². The van der Waals surface area contributed by atoms with E-state index >= 15 is 0 Å². The summed E-state index contributed by atoms with van der Waals surface area (Å²) in [5.74, 6) is 0. The predicted octanol–water partition coefficient (Wildman–Crippen LogP) is 44.6. The van der Waals surface area contributed by atoms with Crippen molar-refractivity contribution in [1.82, 2.24) is 0 Å². The first kappa shape index (κ1) is 123. The van der Waals surface area contributed by atoms with Crippen LogP contribution in [0.3, 0.4) is 0 Å². The molecule has 0 aliphatic heterocycles. The summed E-state index contributed by atoms with van der Waals surface area (Å²) in [5, 5.41) is -7.41. The molecule has 0 atom stereocenters. The van der Waals surface area contributed by atoms with E-state index in [1.807, 2.05) is 0 Å². The Morgan fingerprint density at radius 3 is 0.132 bits per heavy atom. The molecule has 0 rings (SSSR count). The first-order chi connectivity index (χ1) is 50.4. The number of hydrogen-bond donors (Lipinski definition) is 0. The normalized spacial score (nSPS) is 17.7. The van der Waals surface area contributed by atoms with E-state index in [0.29, 0.717) is 0 Å². The second-order valence-corrected chi connectivity index (χ2v) is 144. The maximum atomic E-state index is 3.16. The molecule has 0 heterocycles. The van der Waals surface area contributed by atoms with Gasteiger partial charge in [-0.25, -0.2) is 0 Å². The first-order valence-corrected chi connectivity index (χ1v) is 70.0. The summed E-state index contributed by atoms with van der Waals surface area (Å²) >= 11 is -3.82. The van der Waals surface area contributed by atoms with Crippen molar-refractivity contribution in [3.8, 4) is 0 Å². The van der Waals surface area contributed by atoms with Crippen molar-refractivity contribution in [2.45, 2.75) is 706 Å². The molecule has 0 saturated carbocycles. The molecule has 0 aliphatic carbocycles. The Balaban J connectivity index is 21.5. The molecule has 0 spiro atoms. The SMILES string of the molecule is CC(C)(C)[Si](C(C)(C)C)(C(C)(C)C)[C]([Cr]([C]([Si](C(C)(C)C)(C(C)(C)C)C(C)(C)C)([Si](C(C)(C)C)(C(C)(C)C)C(C)(C)C)[Si](C(C)(C)C)(C(C)(C)C)C(C)(C)C)[C]([Si](C(C)(C)C)(C(C)(C)C)C(C)(C)C)([Si](C(C)(C)C)(C(C)(C)C)C(C)(C)C)[Si](C(C)(C)C)(C(C)(C)C)C(C)(C)C)([Si](C(C)(C)C)(C(C)(C)C)C(C)(C)C)[Si](C(C)(C)C)(C(C)(C)C)C(C)(C)C. The zero-order valence-corrected chi connectivity index (χ0v) is 111. The fourth-order valence-corrected chi connectivity index (χ4v) is 299. The van der Waals surface area contributed by atoms with Gasteiger partial charge < -0.3 is 0 Å². The summed E-state index contributed by atoms with van der Waals surface area (Å²) in [5.41, 5.74) is 0. The third-order valence-corrected chi connectivity index (χ3v) is 150. The minimum absolute atomic E-state index is 0.275. The van der Waals surface area contributed by atoms with Gasteiger partial charge in [0.15, 0.2) is 0 Å². The standard InChI is InChI=1S/3C37H81Si3.Cr/c3*1-29(2,3)38(30(4,5)6,31(7,8)9)28(39(32(10,11)12,33(13,14)15)34(16,17)18)40(35(19,20)21,36(22,23)24)37(25,26)27;/h3*1-27H3;. The summed E-state index contributed by atoms with van der Waals surface area (Å²) in [6.45, 7) is 256. The van der Waals surface area contributed by atoms with Crippen LogP contribution in [-0.4, -0.2) is 72.7 Å². The molecule has 0 aliphatic rings. The molecule has 121 heavy (non-hydrogen) atoms. The Kier molecular flexibility index (Phi) is 32.2. The molecule has 0 aromatic heterocycles. The molecule has 0 saturated heterocycles. The van der Waals surface area contributed by atoms with Crippen LogP contribution in [0.1, 0.15) is 561 Å². The summed E-state index contributed by atoms with van der Waals surface area (Å²) in [4.78, 5) is 0. The molecule has 10 heteroatoms. The molecule has 0 bridgehead atoms. The molecule has 0 aromatic carbocycles. The fraction of sp³-hybridized carbons (Fsp3) is 1.00. The van der Waals surface area contributed by atoms with Gasteiger partial charge in [0.1, 0.15) is 0 Å². The average molecular weight is 1880 g/mol. The summed E-state index contributed by atoms with van der Waals surface area (Å²) in [6, 6.07) is 0. The van der Waals surface area contributed by atoms with E-state index in [4.69, 9.17) is 0 Å². The Bertz CT molecular complexity index is 2450. The van der Waals surface area contributed by atoms with Gasteiger partial charge in [0.2, 0.25) is 0 Å². The Hall–Kier alpha value is 2.48. The van der Waals surface area contributed by atoms with E-state index < -0.39 is 96.3 Å². The molecule has 0 fully saturated rings. The first-order valence-electron chi connectivity index (χ1n) is 50.1. The number of hydrogen-bond acceptors (Lipinski definition) is 0. The van der Waals surface area contributed by atoms with Crippen molar-refractivity contribution in [1.29, 1.82) is 0 Å². The third-order valence-electron chi connectivity index (χ3n) is 36.0. The van der Waals surface area contributed by atoms with Crippen LogP contribution in [-0.2, 0) is 14.1 Å². The Morgan fingerprint density at radius 1 is 0.0744 bits per heavy atom. The Labute approximate surface area is 786 Å². The molecule has 729 valence electrons. The van der Waals surface area contributed by atoms with E-state index in [1.54, 1.807) is 0 Å². The molecule has 0 unspecified atom stereocenters. The monoisotopic (exact) mass is 1880 g/mol. The molecule has 0 nitrogen and oxygen atoms in total. The second kappa shape index (κ2) is 31.5. The van der Waals surface area contributed by atoms with Gasteiger partial charge in [0.25, 0.3) is 0 Å². The quantitative estimate of drug-likeness (QED) is 0.171. The van der Waals surface area contributed by atoms with Crippen LogP contribution in [0.25, 0.3) is 0 Å². The van der Waals surface area contributed by atoms with Gasteiger partial charge in [-0.2, -0.15) is 0 Å². The molecular formula is C111H243CrSi9. The Morgan fingerprint density at radius 2 is 0.107 bits per heavy atom. The van der Waals surface area contributed by atoms with Crippen molar-refractivity contribution >= 4 is 72.7 Å². The van der Waals surface area contributed by atoms with E-state index in [0.717, 1.165) is 0 Å². The molecule has 0 amide bonds. The van der Waals surface area contributed by atoms with Crippen molar-refractivity contribution in [3.05, 3.63) is 0 Å². The third kappa shape index (κ3) is 15.0. The van der Waals surface area contributed by atoms with Crippen molar-refractivity contribution < 1.29 is 14.1 Å². The van der Waals surface area contributed by atoms with Crippen LogP contribution in [0.15, 0.2) is 0 Å². The van der Waals surface area contributed by atoms with Crippen LogP contribution >= 0.6 is 0 Å². The fourth-order valence-electron chi connectivity index (χ4n) is 49.2. The average Bonchev–Trinajstić information content (AvgIpc) is 0.575. The molecule has 0 aromatic rings. The maximum absolute atomic E-state index is 4.12. The van der Waals surface area contributed by atoms with E-state index in [-0.39, 0.29) is 136 Å². The molecule has 0 N–H and O–H groups in total. The summed E-state index contributed by atoms with van der Waals surface area (Å²) < 4.78 is -1.23. The van der Waals surface area contributed by atoms with Crippen LogP contribution in [0, 0.1) is 0 Å².